The maximum atomic E-state index is 6.37. The van der Waals surface area contributed by atoms with Crippen molar-refractivity contribution in [2.45, 2.75) is 55.0 Å². The molecule has 0 aromatic heterocycles. The SMILES string of the molecule is C#C/C=C\C[C@@H]1O[C@H]([C@H](Br)CC)C/C=C\C[C@@H]1Cl. The molecule has 0 saturated carbocycles. The van der Waals surface area contributed by atoms with Crippen LogP contribution in [0.15, 0.2) is 24.3 Å². The van der Waals surface area contributed by atoms with Gasteiger partial charge >= 0.3 is 0 Å². The summed E-state index contributed by atoms with van der Waals surface area (Å²) in [4.78, 5) is 0.364. The predicted octanol–water partition coefficient (Wildman–Crippen LogP) is 4.45. The van der Waals surface area contributed by atoms with Gasteiger partial charge in [-0.1, -0.05) is 47.0 Å². The standard InChI is InChI=1S/C15H20BrClO/c1-3-5-6-11-15-13(17)9-7-8-10-14(18-15)12(16)4-2/h1,5-8,12-15H,4,9-11H2,2H3/b6-5-,8-7-/t12-,13+,14+,15+/m1/s1. The topological polar surface area (TPSA) is 9.23 Å². The summed E-state index contributed by atoms with van der Waals surface area (Å²) in [6, 6.07) is 0. The fourth-order valence-corrected chi connectivity index (χ4v) is 2.55. The normalized spacial score (nSPS) is 32.4. The molecular weight excluding hydrogens is 312 g/mol. The van der Waals surface area contributed by atoms with Crippen LogP contribution in [0.4, 0.5) is 0 Å². The highest BCUT2D eigenvalue weighted by Crippen LogP contribution is 2.26. The fraction of sp³-hybridized carbons (Fsp3) is 0.600. The highest BCUT2D eigenvalue weighted by Gasteiger charge is 2.26. The predicted molar refractivity (Wildman–Crippen MR) is 82.3 cm³/mol. The maximum Gasteiger partial charge on any atom is 0.0780 e. The summed E-state index contributed by atoms with van der Waals surface area (Å²) in [5, 5.41) is 0.00281. The van der Waals surface area contributed by atoms with E-state index in [1.54, 1.807) is 6.08 Å². The summed E-state index contributed by atoms with van der Waals surface area (Å²) in [6.45, 7) is 2.15. The first-order valence-electron chi connectivity index (χ1n) is 6.38. The Morgan fingerprint density at radius 3 is 2.94 bits per heavy atom. The first-order valence-corrected chi connectivity index (χ1v) is 7.74. The van der Waals surface area contributed by atoms with Crippen molar-refractivity contribution >= 4 is 27.5 Å². The first-order chi connectivity index (χ1) is 8.69. The van der Waals surface area contributed by atoms with E-state index >= 15 is 0 Å². The van der Waals surface area contributed by atoms with E-state index in [1.807, 2.05) is 6.08 Å². The van der Waals surface area contributed by atoms with Crippen LogP contribution in [0.2, 0.25) is 0 Å². The second-order valence-corrected chi connectivity index (χ2v) is 6.14. The molecule has 0 N–H and O–H groups in total. The molecule has 4 atom stereocenters. The van der Waals surface area contributed by atoms with Gasteiger partial charge in [0.15, 0.2) is 0 Å². The molecule has 0 saturated heterocycles. The summed E-state index contributed by atoms with van der Waals surface area (Å²) < 4.78 is 6.15. The smallest absolute Gasteiger partial charge is 0.0780 e. The second kappa shape index (κ2) is 8.80. The Balaban J connectivity index is 2.69. The van der Waals surface area contributed by atoms with E-state index in [2.05, 4.69) is 40.9 Å². The van der Waals surface area contributed by atoms with E-state index in [0.29, 0.717) is 4.83 Å². The second-order valence-electron chi connectivity index (χ2n) is 4.40. The molecule has 0 fully saturated rings. The molecule has 18 heavy (non-hydrogen) atoms. The minimum Gasteiger partial charge on any atom is -0.372 e. The lowest BCUT2D eigenvalue weighted by atomic mass is 10.0. The van der Waals surface area contributed by atoms with Gasteiger partial charge in [-0.3, -0.25) is 0 Å². The lowest BCUT2D eigenvalue weighted by molar-refractivity contribution is -0.0122. The van der Waals surface area contributed by atoms with Crippen molar-refractivity contribution in [3.63, 3.8) is 0 Å². The summed E-state index contributed by atoms with van der Waals surface area (Å²) in [7, 11) is 0. The third-order valence-corrected chi connectivity index (χ3v) is 4.72. The Hall–Kier alpha value is -0.230. The first kappa shape index (κ1) is 15.8. The number of alkyl halides is 2. The maximum absolute atomic E-state index is 6.37. The molecule has 1 aliphatic heterocycles. The molecule has 1 heterocycles. The van der Waals surface area contributed by atoms with E-state index < -0.39 is 0 Å². The molecular formula is C15H20BrClO. The van der Waals surface area contributed by atoms with Gasteiger partial charge in [-0.15, -0.1) is 18.0 Å². The van der Waals surface area contributed by atoms with Crippen molar-refractivity contribution in [1.29, 1.82) is 0 Å². The zero-order valence-electron chi connectivity index (χ0n) is 10.7. The average Bonchev–Trinajstić information content (AvgIpc) is 2.37. The molecule has 100 valence electrons. The van der Waals surface area contributed by atoms with Gasteiger partial charge in [0.1, 0.15) is 0 Å². The van der Waals surface area contributed by atoms with Gasteiger partial charge in [-0.25, -0.2) is 0 Å². The van der Waals surface area contributed by atoms with Crippen molar-refractivity contribution in [2.75, 3.05) is 0 Å². The van der Waals surface area contributed by atoms with Crippen LogP contribution in [0.3, 0.4) is 0 Å². The molecule has 0 aromatic rings. The van der Waals surface area contributed by atoms with Crippen LogP contribution in [0.1, 0.15) is 32.6 Å². The van der Waals surface area contributed by atoms with Gasteiger partial charge in [0.2, 0.25) is 0 Å². The molecule has 0 aromatic carbocycles. The van der Waals surface area contributed by atoms with Crippen molar-refractivity contribution in [1.82, 2.24) is 0 Å². The summed E-state index contributed by atoms with van der Waals surface area (Å²) in [6.07, 6.45) is 17.0. The number of halogens is 2. The third-order valence-electron chi connectivity index (χ3n) is 3.03. The van der Waals surface area contributed by atoms with Gasteiger partial charge < -0.3 is 4.74 Å². The third kappa shape index (κ3) is 5.18. The zero-order valence-corrected chi connectivity index (χ0v) is 13.0. The molecule has 0 spiro atoms. The lowest BCUT2D eigenvalue weighted by Gasteiger charge is -2.30. The van der Waals surface area contributed by atoms with E-state index in [-0.39, 0.29) is 17.6 Å². The molecule has 1 nitrogen and oxygen atoms in total. The average molecular weight is 332 g/mol. The molecule has 0 radical (unpaired) electrons. The van der Waals surface area contributed by atoms with Crippen LogP contribution in [-0.4, -0.2) is 22.4 Å². The number of ether oxygens (including phenoxy) is 1. The Bertz CT molecular complexity index is 332. The molecule has 1 aliphatic rings. The Labute approximate surface area is 124 Å². The minimum absolute atomic E-state index is 0.00281. The van der Waals surface area contributed by atoms with Crippen molar-refractivity contribution < 1.29 is 4.74 Å². The molecule has 0 amide bonds. The summed E-state index contributed by atoms with van der Waals surface area (Å²) in [5.41, 5.74) is 0. The van der Waals surface area contributed by atoms with E-state index in [4.69, 9.17) is 22.8 Å². The molecule has 3 heteroatoms. The van der Waals surface area contributed by atoms with Gasteiger partial charge in [-0.05, 0) is 31.8 Å². The zero-order chi connectivity index (χ0) is 13.4. The highest BCUT2D eigenvalue weighted by atomic mass is 79.9. The van der Waals surface area contributed by atoms with Crippen LogP contribution in [0.5, 0.6) is 0 Å². The van der Waals surface area contributed by atoms with Crippen LogP contribution in [-0.2, 0) is 4.74 Å². The number of hydrogen-bond acceptors (Lipinski definition) is 1. The van der Waals surface area contributed by atoms with Gasteiger partial charge in [0, 0.05) is 4.83 Å². The van der Waals surface area contributed by atoms with Gasteiger partial charge in [0.25, 0.3) is 0 Å². The molecule has 0 unspecified atom stereocenters. The Morgan fingerprint density at radius 2 is 2.28 bits per heavy atom. The minimum atomic E-state index is 0.00281. The number of rotatable bonds is 4. The van der Waals surface area contributed by atoms with Crippen LogP contribution in [0.25, 0.3) is 0 Å². The fourth-order valence-electron chi connectivity index (χ4n) is 1.94. The number of terminal acetylenes is 1. The van der Waals surface area contributed by atoms with Gasteiger partial charge in [0.05, 0.1) is 17.6 Å². The van der Waals surface area contributed by atoms with Crippen molar-refractivity contribution in [3.8, 4) is 12.3 Å². The summed E-state index contributed by atoms with van der Waals surface area (Å²) in [5.74, 6) is 2.49. The largest absolute Gasteiger partial charge is 0.372 e. The summed E-state index contributed by atoms with van der Waals surface area (Å²) >= 11 is 10.1. The van der Waals surface area contributed by atoms with Crippen molar-refractivity contribution in [3.05, 3.63) is 24.3 Å². The van der Waals surface area contributed by atoms with Crippen LogP contribution in [0, 0.1) is 12.3 Å². The van der Waals surface area contributed by atoms with Crippen LogP contribution < -0.4 is 0 Å². The number of hydrogen-bond donors (Lipinski definition) is 0. The van der Waals surface area contributed by atoms with E-state index in [0.717, 1.165) is 25.7 Å². The number of allylic oxidation sites excluding steroid dienone is 2. The van der Waals surface area contributed by atoms with Crippen LogP contribution >= 0.6 is 27.5 Å². The Morgan fingerprint density at radius 1 is 1.56 bits per heavy atom. The highest BCUT2D eigenvalue weighted by molar-refractivity contribution is 9.09. The van der Waals surface area contributed by atoms with E-state index in [9.17, 15) is 0 Å². The quantitative estimate of drug-likeness (QED) is 0.420. The Kier molecular flexibility index (Phi) is 7.74. The molecule has 1 rings (SSSR count). The monoisotopic (exact) mass is 330 g/mol. The lowest BCUT2D eigenvalue weighted by Crippen LogP contribution is -2.34. The molecule has 0 aliphatic carbocycles. The van der Waals surface area contributed by atoms with Gasteiger partial charge in [-0.2, -0.15) is 0 Å². The molecule has 0 bridgehead atoms. The van der Waals surface area contributed by atoms with Crippen molar-refractivity contribution in [2.24, 2.45) is 0 Å². The van der Waals surface area contributed by atoms with E-state index in [1.165, 1.54) is 0 Å².